The Labute approximate surface area is 197 Å². The van der Waals surface area contributed by atoms with Crippen molar-refractivity contribution in [2.75, 3.05) is 20.3 Å². The van der Waals surface area contributed by atoms with E-state index in [0.717, 1.165) is 5.56 Å². The first-order valence-corrected chi connectivity index (χ1v) is 10.9. The Morgan fingerprint density at radius 2 is 1.76 bits per heavy atom. The first-order chi connectivity index (χ1) is 16.5. The molecule has 0 N–H and O–H groups in total. The maximum absolute atomic E-state index is 13.3. The molecule has 1 heterocycles. The van der Waals surface area contributed by atoms with Gasteiger partial charge in [0, 0.05) is 25.8 Å². The molecule has 1 aromatic heterocycles. The number of para-hydroxylation sites is 1. The summed E-state index contributed by atoms with van der Waals surface area (Å²) >= 11 is 0. The van der Waals surface area contributed by atoms with Crippen LogP contribution in [0.5, 0.6) is 0 Å². The van der Waals surface area contributed by atoms with Crippen molar-refractivity contribution in [2.24, 2.45) is 0 Å². The van der Waals surface area contributed by atoms with Crippen molar-refractivity contribution in [3.05, 3.63) is 106 Å². The second-order valence-corrected chi connectivity index (χ2v) is 7.89. The van der Waals surface area contributed by atoms with Crippen molar-refractivity contribution < 1.29 is 9.53 Å². The van der Waals surface area contributed by atoms with Crippen LogP contribution in [0.1, 0.15) is 27.3 Å². The smallest absolute Gasteiger partial charge is 0.265 e. The highest BCUT2D eigenvalue weighted by atomic mass is 16.5. The molecular formula is C27H24N4O3. The first kappa shape index (κ1) is 22.9. The lowest BCUT2D eigenvalue weighted by Crippen LogP contribution is -2.33. The zero-order valence-corrected chi connectivity index (χ0v) is 19.1. The molecule has 0 spiro atoms. The molecule has 4 aromatic rings. The summed E-state index contributed by atoms with van der Waals surface area (Å²) < 4.78 is 6.74. The average molecular weight is 453 g/mol. The number of hydrogen-bond donors (Lipinski definition) is 0. The molecule has 0 aliphatic rings. The van der Waals surface area contributed by atoms with Gasteiger partial charge in [-0.25, -0.2) is 4.98 Å². The number of amides is 1. The lowest BCUT2D eigenvalue weighted by Gasteiger charge is -2.23. The molecule has 0 atom stereocenters. The monoisotopic (exact) mass is 452 g/mol. The normalized spacial score (nSPS) is 10.7. The SMILES string of the molecule is COCCN(Cc1ccc(C#N)cc1)C(=O)c1ccc(-n2c(C)nc3ccccc3c2=O)cc1. The van der Waals surface area contributed by atoms with Gasteiger partial charge in [-0.05, 0) is 61.0 Å². The second kappa shape index (κ2) is 10.1. The number of carbonyl (C=O) groups excluding carboxylic acids is 1. The average Bonchev–Trinajstić information content (AvgIpc) is 2.87. The molecule has 0 saturated heterocycles. The zero-order chi connectivity index (χ0) is 24.1. The fourth-order valence-electron chi connectivity index (χ4n) is 3.84. The van der Waals surface area contributed by atoms with Crippen molar-refractivity contribution >= 4 is 16.8 Å². The number of rotatable bonds is 7. The minimum Gasteiger partial charge on any atom is -0.383 e. The third-order valence-electron chi connectivity index (χ3n) is 5.62. The number of nitrogens with zero attached hydrogens (tertiary/aromatic N) is 4. The number of carbonyl (C=O) groups is 1. The van der Waals surface area contributed by atoms with Gasteiger partial charge in [0.15, 0.2) is 0 Å². The molecule has 7 nitrogen and oxygen atoms in total. The van der Waals surface area contributed by atoms with E-state index in [4.69, 9.17) is 10.00 Å². The van der Waals surface area contributed by atoms with Crippen molar-refractivity contribution in [2.45, 2.75) is 13.5 Å². The van der Waals surface area contributed by atoms with Gasteiger partial charge in [0.05, 0.1) is 34.8 Å². The summed E-state index contributed by atoms with van der Waals surface area (Å²) in [5, 5.41) is 9.54. The minimum atomic E-state index is -0.148. The predicted molar refractivity (Wildman–Crippen MR) is 130 cm³/mol. The Morgan fingerprint density at radius 3 is 2.44 bits per heavy atom. The molecule has 34 heavy (non-hydrogen) atoms. The van der Waals surface area contributed by atoms with E-state index in [1.165, 1.54) is 0 Å². The highest BCUT2D eigenvalue weighted by molar-refractivity contribution is 5.94. The Balaban J connectivity index is 1.61. The number of fused-ring (bicyclic) bond motifs is 1. The number of methoxy groups -OCH3 is 1. The maximum atomic E-state index is 13.3. The van der Waals surface area contributed by atoms with Gasteiger partial charge in [0.2, 0.25) is 0 Å². The van der Waals surface area contributed by atoms with Gasteiger partial charge in [0.1, 0.15) is 5.82 Å². The van der Waals surface area contributed by atoms with E-state index in [0.29, 0.717) is 53.2 Å². The number of ether oxygens (including phenoxy) is 1. The number of benzene rings is 3. The molecular weight excluding hydrogens is 428 g/mol. The maximum Gasteiger partial charge on any atom is 0.265 e. The van der Waals surface area contributed by atoms with Crippen LogP contribution in [0.15, 0.2) is 77.6 Å². The lowest BCUT2D eigenvalue weighted by atomic mass is 10.1. The van der Waals surface area contributed by atoms with Crippen LogP contribution in [0, 0.1) is 18.3 Å². The van der Waals surface area contributed by atoms with Gasteiger partial charge >= 0.3 is 0 Å². The van der Waals surface area contributed by atoms with Crippen LogP contribution in [0.3, 0.4) is 0 Å². The van der Waals surface area contributed by atoms with Crippen LogP contribution in [-0.4, -0.2) is 40.6 Å². The van der Waals surface area contributed by atoms with E-state index in [-0.39, 0.29) is 11.5 Å². The Bertz CT molecular complexity index is 1420. The third-order valence-corrected chi connectivity index (χ3v) is 5.62. The summed E-state index contributed by atoms with van der Waals surface area (Å²) in [4.78, 5) is 32.6. The van der Waals surface area contributed by atoms with Crippen LogP contribution in [0.2, 0.25) is 0 Å². The van der Waals surface area contributed by atoms with Crippen molar-refractivity contribution in [3.8, 4) is 11.8 Å². The molecule has 3 aromatic carbocycles. The van der Waals surface area contributed by atoms with E-state index < -0.39 is 0 Å². The summed E-state index contributed by atoms with van der Waals surface area (Å²) in [7, 11) is 1.59. The van der Waals surface area contributed by atoms with Crippen molar-refractivity contribution in [3.63, 3.8) is 0 Å². The van der Waals surface area contributed by atoms with Gasteiger partial charge in [-0.15, -0.1) is 0 Å². The van der Waals surface area contributed by atoms with E-state index in [1.54, 1.807) is 66.0 Å². The minimum absolute atomic E-state index is 0.145. The number of hydrogen-bond acceptors (Lipinski definition) is 5. The number of nitriles is 1. The molecule has 0 unspecified atom stereocenters. The van der Waals surface area contributed by atoms with Gasteiger partial charge < -0.3 is 9.64 Å². The molecule has 0 aliphatic heterocycles. The quantitative estimate of drug-likeness (QED) is 0.425. The summed E-state index contributed by atoms with van der Waals surface area (Å²) in [6.45, 7) is 3.00. The van der Waals surface area contributed by atoms with E-state index >= 15 is 0 Å². The fourth-order valence-corrected chi connectivity index (χ4v) is 3.84. The number of aromatic nitrogens is 2. The van der Waals surface area contributed by atoms with Gasteiger partial charge in [-0.3, -0.25) is 14.2 Å². The molecule has 4 rings (SSSR count). The zero-order valence-electron chi connectivity index (χ0n) is 19.1. The van der Waals surface area contributed by atoms with Gasteiger partial charge in [0.25, 0.3) is 11.5 Å². The molecule has 0 fully saturated rings. The van der Waals surface area contributed by atoms with Gasteiger partial charge in [-0.1, -0.05) is 24.3 Å². The van der Waals surface area contributed by atoms with E-state index in [2.05, 4.69) is 11.1 Å². The van der Waals surface area contributed by atoms with Crippen LogP contribution < -0.4 is 5.56 Å². The molecule has 170 valence electrons. The fraction of sp³-hybridized carbons (Fsp3) is 0.185. The molecule has 7 heteroatoms. The van der Waals surface area contributed by atoms with Crippen LogP contribution in [-0.2, 0) is 11.3 Å². The largest absolute Gasteiger partial charge is 0.383 e. The summed E-state index contributed by atoms with van der Waals surface area (Å²) in [5.74, 6) is 0.430. The third kappa shape index (κ3) is 4.72. The molecule has 0 bridgehead atoms. The van der Waals surface area contributed by atoms with Crippen molar-refractivity contribution in [1.29, 1.82) is 5.26 Å². The topological polar surface area (TPSA) is 88.2 Å². The van der Waals surface area contributed by atoms with E-state index in [9.17, 15) is 9.59 Å². The van der Waals surface area contributed by atoms with Crippen LogP contribution >= 0.6 is 0 Å². The van der Waals surface area contributed by atoms with Crippen LogP contribution in [0.4, 0.5) is 0 Å². The number of aryl methyl sites for hydroxylation is 1. The Kier molecular flexibility index (Phi) is 6.81. The van der Waals surface area contributed by atoms with Gasteiger partial charge in [-0.2, -0.15) is 5.26 Å². The standard InChI is InChI=1S/C27H24N4O3/c1-19-29-25-6-4-3-5-24(25)27(33)31(19)23-13-11-22(12-14-23)26(32)30(15-16-34-2)18-21-9-7-20(17-28)8-10-21/h3-14H,15-16,18H2,1-2H3. The van der Waals surface area contributed by atoms with Crippen LogP contribution in [0.25, 0.3) is 16.6 Å². The summed E-state index contributed by atoms with van der Waals surface area (Å²) in [6.07, 6.45) is 0. The Hall–Kier alpha value is -4.28. The van der Waals surface area contributed by atoms with E-state index in [1.807, 2.05) is 30.3 Å². The highest BCUT2D eigenvalue weighted by Crippen LogP contribution is 2.16. The summed E-state index contributed by atoms with van der Waals surface area (Å²) in [6, 6.07) is 23.5. The Morgan fingerprint density at radius 1 is 1.06 bits per heavy atom. The second-order valence-electron chi connectivity index (χ2n) is 7.89. The highest BCUT2D eigenvalue weighted by Gasteiger charge is 2.17. The molecule has 0 saturated carbocycles. The summed E-state index contributed by atoms with van der Waals surface area (Å²) in [5.41, 5.74) is 3.16. The molecule has 0 aliphatic carbocycles. The molecule has 1 amide bonds. The molecule has 0 radical (unpaired) electrons. The predicted octanol–water partition coefficient (Wildman–Crippen LogP) is 3.85. The van der Waals surface area contributed by atoms with Crippen molar-refractivity contribution in [1.82, 2.24) is 14.5 Å². The first-order valence-electron chi connectivity index (χ1n) is 10.9. The lowest BCUT2D eigenvalue weighted by molar-refractivity contribution is 0.0680.